The Labute approximate surface area is 149 Å². The van der Waals surface area contributed by atoms with Gasteiger partial charge in [0.25, 0.3) is 0 Å². The SMILES string of the molecule is CCCOc1c(Cl)cc(CNCCc2ccccc2)cc1OCC. The molecular formula is C20H26ClNO2. The van der Waals surface area contributed by atoms with Gasteiger partial charge < -0.3 is 14.8 Å². The first-order valence-electron chi connectivity index (χ1n) is 8.57. The number of halogens is 1. The quantitative estimate of drug-likeness (QED) is 0.622. The van der Waals surface area contributed by atoms with Gasteiger partial charge in [-0.15, -0.1) is 0 Å². The van der Waals surface area contributed by atoms with Crippen molar-refractivity contribution in [1.82, 2.24) is 5.32 Å². The first kappa shape index (κ1) is 18.6. The Kier molecular flexibility index (Phi) is 7.93. The minimum atomic E-state index is 0.587. The molecule has 130 valence electrons. The molecule has 0 unspecified atom stereocenters. The van der Waals surface area contributed by atoms with E-state index in [-0.39, 0.29) is 0 Å². The molecule has 0 saturated heterocycles. The van der Waals surface area contributed by atoms with Crippen molar-refractivity contribution in [3.63, 3.8) is 0 Å². The Morgan fingerprint density at radius 3 is 2.50 bits per heavy atom. The number of nitrogens with one attached hydrogen (secondary N) is 1. The van der Waals surface area contributed by atoms with Crippen molar-refractivity contribution in [2.75, 3.05) is 19.8 Å². The van der Waals surface area contributed by atoms with Gasteiger partial charge in [0.1, 0.15) is 0 Å². The van der Waals surface area contributed by atoms with Gasteiger partial charge in [-0.3, -0.25) is 0 Å². The molecule has 2 aromatic carbocycles. The molecule has 0 bridgehead atoms. The fourth-order valence-electron chi connectivity index (χ4n) is 2.44. The van der Waals surface area contributed by atoms with Crippen LogP contribution in [0.3, 0.4) is 0 Å². The summed E-state index contributed by atoms with van der Waals surface area (Å²) in [6, 6.07) is 14.4. The molecule has 0 aliphatic rings. The third-order valence-corrected chi connectivity index (χ3v) is 3.86. The van der Waals surface area contributed by atoms with E-state index in [4.69, 9.17) is 21.1 Å². The minimum absolute atomic E-state index is 0.587. The second-order valence-corrected chi connectivity index (χ2v) is 6.01. The lowest BCUT2D eigenvalue weighted by molar-refractivity contribution is 0.277. The van der Waals surface area contributed by atoms with Gasteiger partial charge in [-0.05, 0) is 49.6 Å². The average Bonchev–Trinajstić information content (AvgIpc) is 2.59. The molecule has 0 heterocycles. The lowest BCUT2D eigenvalue weighted by Gasteiger charge is -2.15. The largest absolute Gasteiger partial charge is 0.490 e. The molecule has 24 heavy (non-hydrogen) atoms. The van der Waals surface area contributed by atoms with Crippen molar-refractivity contribution in [3.8, 4) is 11.5 Å². The maximum atomic E-state index is 6.38. The van der Waals surface area contributed by atoms with E-state index in [1.807, 2.05) is 25.1 Å². The van der Waals surface area contributed by atoms with Crippen LogP contribution in [0.25, 0.3) is 0 Å². The molecule has 0 atom stereocenters. The van der Waals surface area contributed by atoms with Crippen LogP contribution in [0, 0.1) is 0 Å². The van der Waals surface area contributed by atoms with Crippen LogP contribution >= 0.6 is 11.6 Å². The van der Waals surface area contributed by atoms with Gasteiger partial charge in [-0.2, -0.15) is 0 Å². The van der Waals surface area contributed by atoms with E-state index in [9.17, 15) is 0 Å². The summed E-state index contributed by atoms with van der Waals surface area (Å²) in [4.78, 5) is 0. The van der Waals surface area contributed by atoms with Crippen LogP contribution in [0.5, 0.6) is 11.5 Å². The molecule has 0 aromatic heterocycles. The molecule has 2 aromatic rings. The summed E-state index contributed by atoms with van der Waals surface area (Å²) in [5.74, 6) is 1.37. The van der Waals surface area contributed by atoms with Crippen molar-refractivity contribution >= 4 is 11.6 Å². The summed E-state index contributed by atoms with van der Waals surface area (Å²) < 4.78 is 11.4. The first-order chi connectivity index (χ1) is 11.7. The summed E-state index contributed by atoms with van der Waals surface area (Å²) in [7, 11) is 0. The van der Waals surface area contributed by atoms with E-state index < -0.39 is 0 Å². The zero-order valence-electron chi connectivity index (χ0n) is 14.5. The third kappa shape index (κ3) is 5.73. The molecule has 3 nitrogen and oxygen atoms in total. The summed E-state index contributed by atoms with van der Waals surface area (Å²) in [6.45, 7) is 6.92. The Balaban J connectivity index is 1.94. The third-order valence-electron chi connectivity index (χ3n) is 3.58. The van der Waals surface area contributed by atoms with E-state index in [2.05, 4.69) is 36.5 Å². The highest BCUT2D eigenvalue weighted by molar-refractivity contribution is 6.32. The van der Waals surface area contributed by atoms with Gasteiger partial charge >= 0.3 is 0 Å². The summed E-state index contributed by atoms with van der Waals surface area (Å²) in [6.07, 6.45) is 1.94. The second-order valence-electron chi connectivity index (χ2n) is 5.60. The molecule has 1 N–H and O–H groups in total. The minimum Gasteiger partial charge on any atom is -0.490 e. The number of hydrogen-bond donors (Lipinski definition) is 1. The van der Waals surface area contributed by atoms with Crippen molar-refractivity contribution in [2.45, 2.75) is 33.2 Å². The topological polar surface area (TPSA) is 30.5 Å². The molecule has 0 radical (unpaired) electrons. The van der Waals surface area contributed by atoms with Crippen molar-refractivity contribution in [3.05, 3.63) is 58.6 Å². The maximum Gasteiger partial charge on any atom is 0.179 e. The van der Waals surface area contributed by atoms with Crippen LogP contribution in [0.1, 0.15) is 31.4 Å². The molecule has 0 fully saturated rings. The number of rotatable bonds is 10. The Bertz CT molecular complexity index is 617. The van der Waals surface area contributed by atoms with Crippen LogP contribution in [0.15, 0.2) is 42.5 Å². The predicted octanol–water partition coefficient (Wildman–Crippen LogP) is 4.86. The van der Waals surface area contributed by atoms with Gasteiger partial charge in [0.15, 0.2) is 11.5 Å². The van der Waals surface area contributed by atoms with Crippen LogP contribution < -0.4 is 14.8 Å². The van der Waals surface area contributed by atoms with Crippen molar-refractivity contribution < 1.29 is 9.47 Å². The Morgan fingerprint density at radius 1 is 1.00 bits per heavy atom. The fraction of sp³-hybridized carbons (Fsp3) is 0.400. The Hall–Kier alpha value is -1.71. The monoisotopic (exact) mass is 347 g/mol. The summed E-state index contributed by atoms with van der Waals surface area (Å²) >= 11 is 6.38. The van der Waals surface area contributed by atoms with Gasteiger partial charge in [0.05, 0.1) is 18.2 Å². The van der Waals surface area contributed by atoms with Crippen LogP contribution in [0.4, 0.5) is 0 Å². The zero-order chi connectivity index (χ0) is 17.2. The van der Waals surface area contributed by atoms with E-state index >= 15 is 0 Å². The molecule has 0 spiro atoms. The molecule has 4 heteroatoms. The number of hydrogen-bond acceptors (Lipinski definition) is 3. The fourth-order valence-corrected chi connectivity index (χ4v) is 2.73. The van der Waals surface area contributed by atoms with Crippen LogP contribution in [0.2, 0.25) is 5.02 Å². The highest BCUT2D eigenvalue weighted by Gasteiger charge is 2.12. The lowest BCUT2D eigenvalue weighted by Crippen LogP contribution is -2.16. The number of benzene rings is 2. The summed E-state index contributed by atoms with van der Waals surface area (Å²) in [5, 5.41) is 4.06. The molecular weight excluding hydrogens is 322 g/mol. The molecule has 2 rings (SSSR count). The van der Waals surface area contributed by atoms with Gasteiger partial charge in [-0.1, -0.05) is 48.9 Å². The molecule has 0 amide bonds. The first-order valence-corrected chi connectivity index (χ1v) is 8.95. The smallest absolute Gasteiger partial charge is 0.179 e. The van der Waals surface area contributed by atoms with Crippen molar-refractivity contribution in [1.29, 1.82) is 0 Å². The van der Waals surface area contributed by atoms with E-state index in [1.165, 1.54) is 5.56 Å². The average molecular weight is 348 g/mol. The number of ether oxygens (including phenoxy) is 2. The van der Waals surface area contributed by atoms with Gasteiger partial charge in [0.2, 0.25) is 0 Å². The highest BCUT2D eigenvalue weighted by atomic mass is 35.5. The standard InChI is InChI=1S/C20H26ClNO2/c1-3-12-24-20-18(21)13-17(14-19(20)23-4-2)15-22-11-10-16-8-6-5-7-9-16/h5-9,13-14,22H,3-4,10-12,15H2,1-2H3. The zero-order valence-corrected chi connectivity index (χ0v) is 15.2. The van der Waals surface area contributed by atoms with Crippen LogP contribution in [-0.4, -0.2) is 19.8 Å². The molecule has 0 saturated carbocycles. The summed E-state index contributed by atoms with van der Waals surface area (Å²) in [5.41, 5.74) is 2.43. The maximum absolute atomic E-state index is 6.38. The Morgan fingerprint density at radius 2 is 1.79 bits per heavy atom. The molecule has 0 aliphatic carbocycles. The second kappa shape index (κ2) is 10.2. The lowest BCUT2D eigenvalue weighted by atomic mass is 10.1. The normalized spacial score (nSPS) is 10.6. The highest BCUT2D eigenvalue weighted by Crippen LogP contribution is 2.36. The van der Waals surface area contributed by atoms with Gasteiger partial charge in [0, 0.05) is 6.54 Å². The van der Waals surface area contributed by atoms with E-state index in [1.54, 1.807) is 0 Å². The predicted molar refractivity (Wildman–Crippen MR) is 100 cm³/mol. The van der Waals surface area contributed by atoms with Crippen molar-refractivity contribution in [2.24, 2.45) is 0 Å². The van der Waals surface area contributed by atoms with E-state index in [0.29, 0.717) is 24.0 Å². The van der Waals surface area contributed by atoms with Gasteiger partial charge in [-0.25, -0.2) is 0 Å². The van der Waals surface area contributed by atoms with E-state index in [0.717, 1.165) is 37.2 Å². The molecule has 0 aliphatic heterocycles. The van der Waals surface area contributed by atoms with Crippen LogP contribution in [-0.2, 0) is 13.0 Å².